The third-order valence-electron chi connectivity index (χ3n) is 2.98. The zero-order valence-electron chi connectivity index (χ0n) is 9.13. The summed E-state index contributed by atoms with van der Waals surface area (Å²) in [5, 5.41) is 0. The van der Waals surface area contributed by atoms with Crippen LogP contribution in [0, 0.1) is 11.8 Å². The Morgan fingerprint density at radius 1 is 1.50 bits per heavy atom. The smallest absolute Gasteiger partial charge is 0.226 e. The monoisotopic (exact) mass is 217 g/mol. The molecule has 3 heteroatoms. The summed E-state index contributed by atoms with van der Waals surface area (Å²) in [5.74, 6) is 1.41. The van der Waals surface area contributed by atoms with E-state index in [-0.39, 0.29) is 11.8 Å². The molecule has 0 saturated carbocycles. The van der Waals surface area contributed by atoms with Crippen molar-refractivity contribution in [3.05, 3.63) is 0 Å². The molecule has 0 bridgehead atoms. The van der Waals surface area contributed by atoms with Crippen LogP contribution in [0.2, 0.25) is 0 Å². The summed E-state index contributed by atoms with van der Waals surface area (Å²) in [7, 11) is 0. The number of halogens is 1. The molecule has 1 heterocycles. The molecule has 1 saturated heterocycles. The first-order valence-electron chi connectivity index (χ1n) is 5.50. The standard InChI is InChI=1S/C11H20ClNO/c1-9-4-3-6-13(7-5-9)11(14)10(2)8-12/h9-10H,3-8H2,1-2H3. The number of alkyl halides is 1. The lowest BCUT2D eigenvalue weighted by Gasteiger charge is -2.23. The van der Waals surface area contributed by atoms with Gasteiger partial charge in [-0.15, -0.1) is 11.6 Å². The van der Waals surface area contributed by atoms with Crippen LogP contribution in [0.25, 0.3) is 0 Å². The maximum absolute atomic E-state index is 11.8. The molecule has 0 radical (unpaired) electrons. The van der Waals surface area contributed by atoms with Crippen LogP contribution in [-0.2, 0) is 4.79 Å². The van der Waals surface area contributed by atoms with Gasteiger partial charge >= 0.3 is 0 Å². The quantitative estimate of drug-likeness (QED) is 0.651. The zero-order chi connectivity index (χ0) is 10.6. The van der Waals surface area contributed by atoms with E-state index in [4.69, 9.17) is 11.6 Å². The Morgan fingerprint density at radius 3 is 2.86 bits per heavy atom. The molecule has 0 spiro atoms. The Morgan fingerprint density at radius 2 is 2.21 bits per heavy atom. The summed E-state index contributed by atoms with van der Waals surface area (Å²) < 4.78 is 0. The minimum Gasteiger partial charge on any atom is -0.342 e. The highest BCUT2D eigenvalue weighted by Gasteiger charge is 2.22. The first-order chi connectivity index (χ1) is 6.65. The summed E-state index contributed by atoms with van der Waals surface area (Å²) >= 11 is 5.69. The van der Waals surface area contributed by atoms with Crippen molar-refractivity contribution < 1.29 is 4.79 Å². The van der Waals surface area contributed by atoms with E-state index in [0.29, 0.717) is 5.88 Å². The largest absolute Gasteiger partial charge is 0.342 e. The van der Waals surface area contributed by atoms with Crippen molar-refractivity contribution in [2.24, 2.45) is 11.8 Å². The van der Waals surface area contributed by atoms with Crippen molar-refractivity contribution in [1.29, 1.82) is 0 Å². The van der Waals surface area contributed by atoms with E-state index in [0.717, 1.165) is 31.8 Å². The number of rotatable bonds is 2. The molecule has 82 valence electrons. The van der Waals surface area contributed by atoms with Crippen molar-refractivity contribution in [1.82, 2.24) is 4.90 Å². The van der Waals surface area contributed by atoms with Crippen LogP contribution >= 0.6 is 11.6 Å². The minimum atomic E-state index is -0.0231. The van der Waals surface area contributed by atoms with Gasteiger partial charge < -0.3 is 4.90 Å². The molecule has 1 amide bonds. The van der Waals surface area contributed by atoms with E-state index >= 15 is 0 Å². The van der Waals surface area contributed by atoms with Gasteiger partial charge in [-0.2, -0.15) is 0 Å². The van der Waals surface area contributed by atoms with Gasteiger partial charge in [-0.1, -0.05) is 13.8 Å². The molecule has 1 fully saturated rings. The van der Waals surface area contributed by atoms with Gasteiger partial charge in [0, 0.05) is 24.9 Å². The molecule has 0 aromatic heterocycles. The first-order valence-corrected chi connectivity index (χ1v) is 6.03. The van der Waals surface area contributed by atoms with Crippen molar-refractivity contribution in [3.63, 3.8) is 0 Å². The third kappa shape index (κ3) is 3.16. The number of hydrogen-bond acceptors (Lipinski definition) is 1. The van der Waals surface area contributed by atoms with Gasteiger partial charge in [0.1, 0.15) is 0 Å². The fourth-order valence-corrected chi connectivity index (χ4v) is 1.99. The predicted molar refractivity (Wildman–Crippen MR) is 59.5 cm³/mol. The number of carbonyl (C=O) groups excluding carboxylic acids is 1. The Balaban J connectivity index is 2.47. The van der Waals surface area contributed by atoms with Crippen molar-refractivity contribution >= 4 is 17.5 Å². The number of carbonyl (C=O) groups is 1. The normalized spacial score (nSPS) is 25.6. The molecule has 1 aliphatic rings. The Kier molecular flexibility index (Phi) is 4.73. The van der Waals surface area contributed by atoms with Crippen LogP contribution < -0.4 is 0 Å². The fraction of sp³-hybridized carbons (Fsp3) is 0.909. The van der Waals surface area contributed by atoms with Crippen LogP contribution in [0.3, 0.4) is 0 Å². The molecule has 0 aromatic carbocycles. The second kappa shape index (κ2) is 5.59. The van der Waals surface area contributed by atoms with E-state index in [2.05, 4.69) is 6.92 Å². The van der Waals surface area contributed by atoms with Gasteiger partial charge in [-0.3, -0.25) is 4.79 Å². The molecule has 0 aromatic rings. The molecule has 14 heavy (non-hydrogen) atoms. The van der Waals surface area contributed by atoms with Gasteiger partial charge in [-0.05, 0) is 25.2 Å². The average Bonchev–Trinajstić information content (AvgIpc) is 2.40. The summed E-state index contributed by atoms with van der Waals surface area (Å²) in [6, 6.07) is 0. The number of likely N-dealkylation sites (tertiary alicyclic amines) is 1. The van der Waals surface area contributed by atoms with E-state index < -0.39 is 0 Å². The molecule has 2 nitrogen and oxygen atoms in total. The summed E-state index contributed by atoms with van der Waals surface area (Å²) in [4.78, 5) is 13.8. The van der Waals surface area contributed by atoms with E-state index in [1.165, 1.54) is 6.42 Å². The van der Waals surface area contributed by atoms with E-state index in [1.54, 1.807) is 0 Å². The maximum Gasteiger partial charge on any atom is 0.226 e. The third-order valence-corrected chi connectivity index (χ3v) is 3.44. The van der Waals surface area contributed by atoms with Crippen LogP contribution in [0.5, 0.6) is 0 Å². The van der Waals surface area contributed by atoms with Crippen molar-refractivity contribution in [2.75, 3.05) is 19.0 Å². The predicted octanol–water partition coefficient (Wildman–Crippen LogP) is 2.51. The van der Waals surface area contributed by atoms with Gasteiger partial charge in [0.25, 0.3) is 0 Å². The van der Waals surface area contributed by atoms with Crippen LogP contribution in [0.1, 0.15) is 33.1 Å². The summed E-state index contributed by atoms with van der Waals surface area (Å²) in [6.07, 6.45) is 3.53. The SMILES string of the molecule is CC1CCCN(C(=O)C(C)CCl)CC1. The van der Waals surface area contributed by atoms with Crippen molar-refractivity contribution in [2.45, 2.75) is 33.1 Å². The molecule has 1 rings (SSSR count). The second-order valence-corrected chi connectivity index (χ2v) is 4.73. The maximum atomic E-state index is 11.8. The second-order valence-electron chi connectivity index (χ2n) is 4.42. The number of nitrogens with zero attached hydrogens (tertiary/aromatic N) is 1. The summed E-state index contributed by atoms with van der Waals surface area (Å²) in [6.45, 7) is 6.01. The molecule has 2 unspecified atom stereocenters. The molecule has 0 aliphatic carbocycles. The fourth-order valence-electron chi connectivity index (χ4n) is 1.86. The average molecular weight is 218 g/mol. The number of amides is 1. The topological polar surface area (TPSA) is 20.3 Å². The molecule has 0 N–H and O–H groups in total. The Labute approximate surface area is 91.6 Å². The van der Waals surface area contributed by atoms with Crippen LogP contribution in [0.4, 0.5) is 0 Å². The van der Waals surface area contributed by atoms with Crippen molar-refractivity contribution in [3.8, 4) is 0 Å². The Bertz CT molecular complexity index is 196. The molecular weight excluding hydrogens is 198 g/mol. The van der Waals surface area contributed by atoms with Gasteiger partial charge in [0.2, 0.25) is 5.91 Å². The number of hydrogen-bond donors (Lipinski definition) is 0. The first kappa shape index (κ1) is 11.8. The lowest BCUT2D eigenvalue weighted by molar-refractivity contribution is -0.134. The lowest BCUT2D eigenvalue weighted by atomic mass is 10.0. The van der Waals surface area contributed by atoms with Gasteiger partial charge in [-0.25, -0.2) is 0 Å². The van der Waals surface area contributed by atoms with E-state index in [9.17, 15) is 4.79 Å². The van der Waals surface area contributed by atoms with Gasteiger partial charge in [0.15, 0.2) is 0 Å². The highest BCUT2D eigenvalue weighted by Crippen LogP contribution is 2.18. The van der Waals surface area contributed by atoms with Crippen LogP contribution in [-0.4, -0.2) is 29.8 Å². The molecule has 2 atom stereocenters. The lowest BCUT2D eigenvalue weighted by Crippen LogP contribution is -2.36. The zero-order valence-corrected chi connectivity index (χ0v) is 9.89. The molecular formula is C11H20ClNO. The minimum absolute atomic E-state index is 0.0231. The van der Waals surface area contributed by atoms with Gasteiger partial charge in [0.05, 0.1) is 0 Å². The Hall–Kier alpha value is -0.240. The van der Waals surface area contributed by atoms with Crippen LogP contribution in [0.15, 0.2) is 0 Å². The molecule has 1 aliphatic heterocycles. The van der Waals surface area contributed by atoms with E-state index in [1.807, 2.05) is 11.8 Å². The highest BCUT2D eigenvalue weighted by molar-refractivity contribution is 6.19. The summed E-state index contributed by atoms with van der Waals surface area (Å²) in [5.41, 5.74) is 0. The highest BCUT2D eigenvalue weighted by atomic mass is 35.5.